The molecular weight excluding hydrogens is 406 g/mol. The molecule has 2 atom stereocenters. The molecule has 3 N–H and O–H groups in total. The van der Waals surface area contributed by atoms with Gasteiger partial charge in [-0.3, -0.25) is 0 Å². The highest BCUT2D eigenvalue weighted by Crippen LogP contribution is 2.37. The van der Waals surface area contributed by atoms with Gasteiger partial charge in [0.2, 0.25) is 5.95 Å². The fraction of sp³-hybridized carbons (Fsp3) is 0.455. The smallest absolute Gasteiger partial charge is 0.224 e. The van der Waals surface area contributed by atoms with E-state index in [1.54, 1.807) is 4.68 Å². The molecule has 3 aromatic rings. The van der Waals surface area contributed by atoms with Gasteiger partial charge in [0.1, 0.15) is 17.5 Å². The highest BCUT2D eigenvalue weighted by molar-refractivity contribution is 5.54. The van der Waals surface area contributed by atoms with E-state index in [9.17, 15) is 10.4 Å². The third-order valence-electron chi connectivity index (χ3n) is 6.00. The van der Waals surface area contributed by atoms with Crippen LogP contribution in [0.4, 0.5) is 11.8 Å². The Morgan fingerprint density at radius 2 is 2.09 bits per heavy atom. The Balaban J connectivity index is 1.51. The van der Waals surface area contributed by atoms with Crippen molar-refractivity contribution in [3.8, 4) is 11.8 Å². The Morgan fingerprint density at radius 3 is 2.81 bits per heavy atom. The second-order valence-electron chi connectivity index (χ2n) is 8.81. The number of aromatic nitrogens is 6. The highest BCUT2D eigenvalue weighted by atomic mass is 16.3. The first-order valence-corrected chi connectivity index (χ1v) is 10.7. The number of nitriles is 1. The molecule has 1 aliphatic rings. The van der Waals surface area contributed by atoms with Crippen LogP contribution in [0.1, 0.15) is 50.1 Å². The summed E-state index contributed by atoms with van der Waals surface area (Å²) in [6.45, 7) is 6.43. The van der Waals surface area contributed by atoms with E-state index in [2.05, 4.69) is 56.0 Å². The fourth-order valence-corrected chi connectivity index (χ4v) is 4.09. The van der Waals surface area contributed by atoms with Crippen LogP contribution in [0.3, 0.4) is 0 Å². The molecule has 10 heteroatoms. The monoisotopic (exact) mass is 433 g/mol. The third-order valence-corrected chi connectivity index (χ3v) is 6.00. The molecule has 0 bridgehead atoms. The maximum atomic E-state index is 10.2. The molecule has 0 unspecified atom stereocenters. The fourth-order valence-electron chi connectivity index (χ4n) is 4.09. The number of benzene rings is 1. The van der Waals surface area contributed by atoms with Crippen LogP contribution in [0.25, 0.3) is 5.69 Å². The van der Waals surface area contributed by atoms with Crippen LogP contribution in [0.15, 0.2) is 30.5 Å². The molecule has 0 radical (unpaired) electrons. The van der Waals surface area contributed by atoms with Gasteiger partial charge in [0.05, 0.1) is 18.0 Å². The summed E-state index contributed by atoms with van der Waals surface area (Å²) < 4.78 is 1.68. The maximum absolute atomic E-state index is 10.2. The molecular formula is C22H27N9O. The lowest BCUT2D eigenvalue weighted by Crippen LogP contribution is -2.41. The standard InChI is InChI=1S/C22H27N9O/c1-14-28-29-30-31(14)18-7-5-4-6-15(18)12-24-21-25-13-16(11-23)20(27-21)26-17-8-9-19(32)22(2,3)10-17/h4-7,13,17,19,32H,8-10,12H2,1-3H3,(H2,24,25,26,27)/t17-,19+/m1/s1. The summed E-state index contributed by atoms with van der Waals surface area (Å²) in [7, 11) is 0. The Bertz CT molecular complexity index is 1130. The van der Waals surface area contributed by atoms with Crippen molar-refractivity contribution in [2.24, 2.45) is 5.41 Å². The molecule has 1 saturated carbocycles. The number of nitrogens with zero attached hydrogens (tertiary/aromatic N) is 7. The summed E-state index contributed by atoms with van der Waals surface area (Å²) in [5, 5.41) is 38.1. The van der Waals surface area contributed by atoms with Crippen LogP contribution in [0.2, 0.25) is 0 Å². The number of aliphatic hydroxyl groups excluding tert-OH is 1. The minimum Gasteiger partial charge on any atom is -0.393 e. The third kappa shape index (κ3) is 4.53. The highest BCUT2D eigenvalue weighted by Gasteiger charge is 2.35. The summed E-state index contributed by atoms with van der Waals surface area (Å²) in [5.74, 6) is 1.62. The summed E-state index contributed by atoms with van der Waals surface area (Å²) in [5.41, 5.74) is 2.06. The Kier molecular flexibility index (Phi) is 6.01. The maximum Gasteiger partial charge on any atom is 0.224 e. The average Bonchev–Trinajstić information content (AvgIpc) is 3.20. The van der Waals surface area contributed by atoms with Crippen molar-refractivity contribution < 1.29 is 5.11 Å². The van der Waals surface area contributed by atoms with Gasteiger partial charge < -0.3 is 15.7 Å². The van der Waals surface area contributed by atoms with Gasteiger partial charge in [-0.15, -0.1) is 5.10 Å². The van der Waals surface area contributed by atoms with Gasteiger partial charge in [0.25, 0.3) is 0 Å². The molecule has 166 valence electrons. The molecule has 32 heavy (non-hydrogen) atoms. The van der Waals surface area contributed by atoms with Gasteiger partial charge in [-0.1, -0.05) is 32.0 Å². The van der Waals surface area contributed by atoms with Gasteiger partial charge in [0.15, 0.2) is 5.82 Å². The molecule has 4 rings (SSSR count). The molecule has 1 aliphatic carbocycles. The van der Waals surface area contributed by atoms with Crippen molar-refractivity contribution in [1.82, 2.24) is 30.2 Å². The quantitative estimate of drug-likeness (QED) is 0.535. The molecule has 0 spiro atoms. The van der Waals surface area contributed by atoms with E-state index in [4.69, 9.17) is 0 Å². The lowest BCUT2D eigenvalue weighted by Gasteiger charge is -2.40. The number of tetrazole rings is 1. The zero-order valence-electron chi connectivity index (χ0n) is 18.4. The van der Waals surface area contributed by atoms with Crippen LogP contribution in [-0.2, 0) is 6.54 Å². The van der Waals surface area contributed by atoms with E-state index in [-0.39, 0.29) is 17.6 Å². The van der Waals surface area contributed by atoms with E-state index in [1.165, 1.54) is 6.20 Å². The number of anilines is 2. The molecule has 10 nitrogen and oxygen atoms in total. The average molecular weight is 434 g/mol. The predicted molar refractivity (Wildman–Crippen MR) is 119 cm³/mol. The van der Waals surface area contributed by atoms with Crippen molar-refractivity contribution in [2.45, 2.75) is 58.7 Å². The number of hydrogen-bond acceptors (Lipinski definition) is 9. The molecule has 0 aliphatic heterocycles. The SMILES string of the molecule is Cc1nnnn1-c1ccccc1CNc1ncc(C#N)c(N[C@@H]2CC[C@H](O)C(C)(C)C2)n1. The summed E-state index contributed by atoms with van der Waals surface area (Å²) >= 11 is 0. The Morgan fingerprint density at radius 1 is 1.28 bits per heavy atom. The molecule has 0 saturated heterocycles. The lowest BCUT2D eigenvalue weighted by molar-refractivity contribution is 0.00926. The summed E-state index contributed by atoms with van der Waals surface area (Å²) in [6, 6.07) is 10.1. The number of rotatable bonds is 6. The van der Waals surface area contributed by atoms with Gasteiger partial charge in [-0.25, -0.2) is 4.98 Å². The van der Waals surface area contributed by atoms with E-state index in [0.29, 0.717) is 29.7 Å². The van der Waals surface area contributed by atoms with Gasteiger partial charge in [0, 0.05) is 12.6 Å². The van der Waals surface area contributed by atoms with Crippen molar-refractivity contribution in [2.75, 3.05) is 10.6 Å². The van der Waals surface area contributed by atoms with Crippen LogP contribution >= 0.6 is 0 Å². The molecule has 2 heterocycles. The Hall–Kier alpha value is -3.58. The molecule has 2 aromatic heterocycles. The van der Waals surface area contributed by atoms with E-state index < -0.39 is 0 Å². The first-order chi connectivity index (χ1) is 15.4. The topological polar surface area (TPSA) is 137 Å². The van der Waals surface area contributed by atoms with Crippen molar-refractivity contribution >= 4 is 11.8 Å². The number of nitrogens with one attached hydrogen (secondary N) is 2. The number of para-hydroxylation sites is 1. The van der Waals surface area contributed by atoms with Gasteiger partial charge in [-0.05, 0) is 53.7 Å². The second-order valence-corrected chi connectivity index (χ2v) is 8.81. The Labute approximate surface area is 186 Å². The van der Waals surface area contributed by atoms with Crippen LogP contribution < -0.4 is 10.6 Å². The minimum atomic E-state index is -0.317. The van der Waals surface area contributed by atoms with Crippen LogP contribution in [0, 0.1) is 23.7 Å². The van der Waals surface area contributed by atoms with Gasteiger partial charge in [-0.2, -0.15) is 14.9 Å². The van der Waals surface area contributed by atoms with Crippen LogP contribution in [0.5, 0.6) is 0 Å². The van der Waals surface area contributed by atoms with Gasteiger partial charge >= 0.3 is 0 Å². The zero-order valence-corrected chi connectivity index (χ0v) is 18.4. The number of aryl methyl sites for hydroxylation is 1. The van der Waals surface area contributed by atoms with E-state index >= 15 is 0 Å². The first-order valence-electron chi connectivity index (χ1n) is 10.7. The predicted octanol–water partition coefficient (Wildman–Crippen LogP) is 2.60. The second kappa shape index (κ2) is 8.88. The lowest BCUT2D eigenvalue weighted by atomic mass is 9.73. The molecule has 1 aromatic carbocycles. The number of aliphatic hydroxyl groups is 1. The van der Waals surface area contributed by atoms with Crippen molar-refractivity contribution in [3.63, 3.8) is 0 Å². The molecule has 1 fully saturated rings. The van der Waals surface area contributed by atoms with E-state index in [1.807, 2.05) is 31.2 Å². The largest absolute Gasteiger partial charge is 0.393 e. The normalized spacial score (nSPS) is 19.8. The zero-order chi connectivity index (χ0) is 22.7. The first kappa shape index (κ1) is 21.6. The van der Waals surface area contributed by atoms with E-state index in [0.717, 1.165) is 30.5 Å². The summed E-state index contributed by atoms with van der Waals surface area (Å²) in [4.78, 5) is 8.86. The van der Waals surface area contributed by atoms with Crippen LogP contribution in [-0.4, -0.2) is 47.4 Å². The van der Waals surface area contributed by atoms with Crippen molar-refractivity contribution in [3.05, 3.63) is 47.4 Å². The minimum absolute atomic E-state index is 0.131. The molecule has 0 amide bonds. The van der Waals surface area contributed by atoms with Crippen molar-refractivity contribution in [1.29, 1.82) is 5.26 Å². The summed E-state index contributed by atoms with van der Waals surface area (Å²) in [6.07, 6.45) is 3.54. The number of hydrogen-bond donors (Lipinski definition) is 3.